The number of furan rings is 1. The Labute approximate surface area is 109 Å². The molecule has 0 unspecified atom stereocenters. The molecule has 6 nitrogen and oxygen atoms in total. The lowest BCUT2D eigenvalue weighted by Gasteiger charge is -2.06. The largest absolute Gasteiger partial charge is 0.504 e. The zero-order valence-corrected chi connectivity index (χ0v) is 10.8. The van der Waals surface area contributed by atoms with Crippen LogP contribution in [-0.2, 0) is 4.74 Å². The normalized spacial score (nSPS) is 10.7. The van der Waals surface area contributed by atoms with Crippen molar-refractivity contribution in [3.8, 4) is 17.2 Å². The molecule has 2 N–H and O–H groups in total. The number of carbonyl (C=O) groups excluding carboxylic acids is 1. The molecule has 0 spiro atoms. The van der Waals surface area contributed by atoms with Crippen LogP contribution in [0.2, 0.25) is 0 Å². The van der Waals surface area contributed by atoms with Gasteiger partial charge in [-0.2, -0.15) is 0 Å². The summed E-state index contributed by atoms with van der Waals surface area (Å²) in [5.74, 6) is -1.06. The second-order valence-electron chi connectivity index (χ2n) is 3.91. The van der Waals surface area contributed by atoms with E-state index in [9.17, 15) is 15.0 Å². The zero-order valence-electron chi connectivity index (χ0n) is 10.8. The number of hydrogen-bond donors (Lipinski definition) is 2. The van der Waals surface area contributed by atoms with Crippen LogP contribution in [0.3, 0.4) is 0 Å². The maximum absolute atomic E-state index is 11.9. The van der Waals surface area contributed by atoms with Crippen LogP contribution in [0.1, 0.15) is 23.0 Å². The fraction of sp³-hybridized carbons (Fsp3) is 0.308. The van der Waals surface area contributed by atoms with E-state index in [1.54, 1.807) is 13.8 Å². The molecule has 0 bridgehead atoms. The van der Waals surface area contributed by atoms with Gasteiger partial charge in [-0.05, 0) is 19.9 Å². The third kappa shape index (κ3) is 1.95. The first kappa shape index (κ1) is 13.1. The maximum atomic E-state index is 11.9. The van der Waals surface area contributed by atoms with Crippen molar-refractivity contribution in [1.29, 1.82) is 0 Å². The molecule has 2 rings (SSSR count). The van der Waals surface area contributed by atoms with Crippen molar-refractivity contribution >= 4 is 16.9 Å². The lowest BCUT2D eigenvalue weighted by atomic mass is 10.1. The Morgan fingerprint density at radius 2 is 2.11 bits per heavy atom. The van der Waals surface area contributed by atoms with Crippen molar-refractivity contribution in [2.24, 2.45) is 0 Å². The zero-order chi connectivity index (χ0) is 14.2. The van der Waals surface area contributed by atoms with E-state index in [1.165, 1.54) is 13.2 Å². The molecule has 0 aliphatic heterocycles. The number of aryl methyl sites for hydroxylation is 1. The molecule has 2 aromatic rings. The number of ether oxygens (including phenoxy) is 2. The number of esters is 1. The van der Waals surface area contributed by atoms with Crippen molar-refractivity contribution in [3.63, 3.8) is 0 Å². The third-order valence-corrected chi connectivity index (χ3v) is 2.75. The minimum absolute atomic E-state index is 0.0198. The number of benzene rings is 1. The van der Waals surface area contributed by atoms with Crippen LogP contribution in [0.25, 0.3) is 11.0 Å². The highest BCUT2D eigenvalue weighted by Crippen LogP contribution is 2.44. The molecule has 0 aliphatic rings. The number of rotatable bonds is 3. The maximum Gasteiger partial charge on any atom is 0.342 e. The van der Waals surface area contributed by atoms with E-state index in [2.05, 4.69) is 0 Å². The molecule has 0 fully saturated rings. The molecule has 1 heterocycles. The molecule has 19 heavy (non-hydrogen) atoms. The average molecular weight is 266 g/mol. The van der Waals surface area contributed by atoms with Crippen LogP contribution in [0, 0.1) is 6.92 Å². The molecule has 6 heteroatoms. The number of phenolic OH excluding ortho intramolecular Hbond substituents is 2. The molecule has 0 atom stereocenters. The van der Waals surface area contributed by atoms with E-state index in [-0.39, 0.29) is 23.5 Å². The van der Waals surface area contributed by atoms with Gasteiger partial charge in [0.2, 0.25) is 11.5 Å². The Balaban J connectivity index is 2.77. The fourth-order valence-corrected chi connectivity index (χ4v) is 1.94. The molecule has 0 saturated carbocycles. The average Bonchev–Trinajstić information content (AvgIpc) is 2.67. The SMILES string of the molecule is CCOC(=O)c1c(C)oc2c(OC)c(O)c(O)cc12. The van der Waals surface area contributed by atoms with Gasteiger partial charge >= 0.3 is 5.97 Å². The smallest absolute Gasteiger partial charge is 0.342 e. The van der Waals surface area contributed by atoms with Crippen LogP contribution < -0.4 is 4.74 Å². The Morgan fingerprint density at radius 3 is 2.68 bits per heavy atom. The van der Waals surface area contributed by atoms with Crippen molar-refractivity contribution in [2.45, 2.75) is 13.8 Å². The van der Waals surface area contributed by atoms with E-state index >= 15 is 0 Å². The third-order valence-electron chi connectivity index (χ3n) is 2.75. The summed E-state index contributed by atoms with van der Waals surface area (Å²) in [7, 11) is 1.33. The van der Waals surface area contributed by atoms with E-state index < -0.39 is 17.5 Å². The monoisotopic (exact) mass is 266 g/mol. The van der Waals surface area contributed by atoms with Gasteiger partial charge in [-0.1, -0.05) is 0 Å². The molecule has 1 aromatic carbocycles. The Kier molecular flexibility index (Phi) is 3.25. The summed E-state index contributed by atoms with van der Waals surface area (Å²) in [4.78, 5) is 11.9. The van der Waals surface area contributed by atoms with Gasteiger partial charge in [-0.25, -0.2) is 4.79 Å². The van der Waals surface area contributed by atoms with Crippen molar-refractivity contribution < 1.29 is 28.9 Å². The summed E-state index contributed by atoms with van der Waals surface area (Å²) in [6.45, 7) is 3.52. The van der Waals surface area contributed by atoms with Gasteiger partial charge in [0.05, 0.1) is 13.7 Å². The second kappa shape index (κ2) is 4.72. The second-order valence-corrected chi connectivity index (χ2v) is 3.91. The number of aromatic hydroxyl groups is 2. The predicted octanol–water partition coefficient (Wildman–Crippen LogP) is 2.34. The van der Waals surface area contributed by atoms with Crippen molar-refractivity contribution in [3.05, 3.63) is 17.4 Å². The lowest BCUT2D eigenvalue weighted by molar-refractivity contribution is 0.0526. The quantitative estimate of drug-likeness (QED) is 0.654. The Bertz CT molecular complexity index is 640. The Morgan fingerprint density at radius 1 is 1.42 bits per heavy atom. The number of hydrogen-bond acceptors (Lipinski definition) is 6. The summed E-state index contributed by atoms with van der Waals surface area (Å²) in [6, 6.07) is 1.25. The molecule has 0 radical (unpaired) electrons. The molecular weight excluding hydrogens is 252 g/mol. The van der Waals surface area contributed by atoms with E-state index in [0.717, 1.165) is 0 Å². The first-order valence-electron chi connectivity index (χ1n) is 5.70. The molecule has 102 valence electrons. The van der Waals surface area contributed by atoms with Gasteiger partial charge in [0.15, 0.2) is 11.3 Å². The van der Waals surface area contributed by atoms with Crippen LogP contribution in [-0.4, -0.2) is 29.9 Å². The van der Waals surface area contributed by atoms with Gasteiger partial charge in [0.25, 0.3) is 0 Å². The van der Waals surface area contributed by atoms with Gasteiger partial charge in [-0.3, -0.25) is 0 Å². The summed E-state index contributed by atoms with van der Waals surface area (Å²) in [6.07, 6.45) is 0. The molecule has 0 amide bonds. The number of methoxy groups -OCH3 is 1. The Hall–Kier alpha value is -2.37. The van der Waals surface area contributed by atoms with E-state index in [0.29, 0.717) is 11.1 Å². The summed E-state index contributed by atoms with van der Waals surface area (Å²) >= 11 is 0. The van der Waals surface area contributed by atoms with Crippen LogP contribution >= 0.6 is 0 Å². The van der Waals surface area contributed by atoms with Crippen molar-refractivity contribution in [2.75, 3.05) is 13.7 Å². The van der Waals surface area contributed by atoms with E-state index in [1.807, 2.05) is 0 Å². The van der Waals surface area contributed by atoms with E-state index in [4.69, 9.17) is 13.9 Å². The summed E-state index contributed by atoms with van der Waals surface area (Å²) in [5.41, 5.74) is 0.406. The highest BCUT2D eigenvalue weighted by molar-refractivity contribution is 6.07. The lowest BCUT2D eigenvalue weighted by Crippen LogP contribution is -2.05. The topological polar surface area (TPSA) is 89.1 Å². The number of phenols is 2. The predicted molar refractivity (Wildman–Crippen MR) is 66.8 cm³/mol. The van der Waals surface area contributed by atoms with Gasteiger partial charge in [-0.15, -0.1) is 0 Å². The number of fused-ring (bicyclic) bond motifs is 1. The minimum atomic E-state index is -0.550. The first-order valence-corrected chi connectivity index (χ1v) is 5.70. The van der Waals surface area contributed by atoms with Gasteiger partial charge in [0.1, 0.15) is 11.3 Å². The standard InChI is InChI=1S/C13H14O6/c1-4-18-13(16)9-6(2)19-11-7(9)5-8(14)10(15)12(11)17-3/h5,14-15H,4H2,1-3H3. The van der Waals surface area contributed by atoms with Crippen LogP contribution in [0.4, 0.5) is 0 Å². The van der Waals surface area contributed by atoms with Crippen LogP contribution in [0.5, 0.6) is 17.2 Å². The highest BCUT2D eigenvalue weighted by atomic mass is 16.5. The summed E-state index contributed by atoms with van der Waals surface area (Å²) < 4.78 is 15.4. The first-order chi connectivity index (χ1) is 9.01. The van der Waals surface area contributed by atoms with Crippen LogP contribution in [0.15, 0.2) is 10.5 Å². The van der Waals surface area contributed by atoms with Gasteiger partial charge < -0.3 is 24.1 Å². The molecule has 0 aliphatic carbocycles. The van der Waals surface area contributed by atoms with Crippen molar-refractivity contribution in [1.82, 2.24) is 0 Å². The van der Waals surface area contributed by atoms with Gasteiger partial charge in [0, 0.05) is 5.39 Å². The minimum Gasteiger partial charge on any atom is -0.504 e. The molecular formula is C13H14O6. The highest BCUT2D eigenvalue weighted by Gasteiger charge is 2.25. The number of carbonyl (C=O) groups is 1. The fourth-order valence-electron chi connectivity index (χ4n) is 1.94. The molecule has 0 saturated heterocycles. The molecule has 1 aromatic heterocycles. The summed E-state index contributed by atoms with van der Waals surface area (Å²) in [5, 5.41) is 19.7.